The Morgan fingerprint density at radius 1 is 1.05 bits per heavy atom. The number of nitrogens with one attached hydrogen (secondary N) is 1. The van der Waals surface area contributed by atoms with E-state index in [0.29, 0.717) is 22.5 Å². The van der Waals surface area contributed by atoms with Crippen LogP contribution in [0.25, 0.3) is 0 Å². The van der Waals surface area contributed by atoms with Crippen LogP contribution in [0.3, 0.4) is 0 Å². The molecule has 2 aromatic carbocycles. The second-order valence-corrected chi connectivity index (χ2v) is 6.00. The molecule has 1 N–H and O–H groups in total. The quantitative estimate of drug-likeness (QED) is 0.742. The molecule has 0 fully saturated rings. The van der Waals surface area contributed by atoms with Crippen molar-refractivity contribution in [3.8, 4) is 11.5 Å². The van der Waals surface area contributed by atoms with Crippen LogP contribution < -0.4 is 14.8 Å². The van der Waals surface area contributed by atoms with Crippen molar-refractivity contribution < 1.29 is 13.9 Å². The molecule has 0 unspecified atom stereocenters. The van der Waals surface area contributed by atoms with Crippen molar-refractivity contribution in [2.45, 2.75) is 6.54 Å². The maximum Gasteiger partial charge on any atom is 0.174 e. The number of benzene rings is 2. The van der Waals surface area contributed by atoms with Gasteiger partial charge in [0, 0.05) is 12.2 Å². The van der Waals surface area contributed by atoms with Crippen LogP contribution in [0.15, 0.2) is 39.3 Å². The normalized spacial score (nSPS) is 10.3. The lowest BCUT2D eigenvalue weighted by Crippen LogP contribution is -2.01. The molecule has 0 saturated carbocycles. The highest BCUT2D eigenvalue weighted by molar-refractivity contribution is 9.10. The number of hydrogen-bond acceptors (Lipinski definition) is 3. The van der Waals surface area contributed by atoms with E-state index in [1.807, 2.05) is 12.1 Å². The zero-order chi connectivity index (χ0) is 15.4. The van der Waals surface area contributed by atoms with Gasteiger partial charge in [0.15, 0.2) is 11.5 Å². The van der Waals surface area contributed by atoms with Crippen molar-refractivity contribution in [1.82, 2.24) is 0 Å². The van der Waals surface area contributed by atoms with Crippen molar-refractivity contribution in [2.75, 3.05) is 19.5 Å². The third-order valence-corrected chi connectivity index (χ3v) is 4.11. The Balaban J connectivity index is 2.16. The van der Waals surface area contributed by atoms with Crippen LogP contribution >= 0.6 is 31.9 Å². The highest BCUT2D eigenvalue weighted by atomic mass is 79.9. The first kappa shape index (κ1) is 16.1. The van der Waals surface area contributed by atoms with Crippen LogP contribution in [-0.4, -0.2) is 14.2 Å². The van der Waals surface area contributed by atoms with Crippen LogP contribution in [0.2, 0.25) is 0 Å². The van der Waals surface area contributed by atoms with E-state index in [-0.39, 0.29) is 5.82 Å². The fourth-order valence-electron chi connectivity index (χ4n) is 1.88. The van der Waals surface area contributed by atoms with Crippen molar-refractivity contribution in [2.24, 2.45) is 0 Å². The fraction of sp³-hybridized carbons (Fsp3) is 0.200. The first-order chi connectivity index (χ1) is 10.0. The Morgan fingerprint density at radius 2 is 1.81 bits per heavy atom. The summed E-state index contributed by atoms with van der Waals surface area (Å²) in [5, 5.41) is 3.23. The number of anilines is 1. The molecule has 0 spiro atoms. The van der Waals surface area contributed by atoms with Crippen LogP contribution in [0.5, 0.6) is 11.5 Å². The first-order valence-electron chi connectivity index (χ1n) is 6.14. The lowest BCUT2D eigenvalue weighted by Gasteiger charge is -2.13. The number of halogens is 3. The van der Waals surface area contributed by atoms with E-state index in [1.54, 1.807) is 26.4 Å². The maximum atomic E-state index is 13.2. The predicted molar refractivity (Wildman–Crippen MR) is 88.7 cm³/mol. The summed E-state index contributed by atoms with van der Waals surface area (Å²) in [6, 6.07) is 8.65. The lowest BCUT2D eigenvalue weighted by atomic mass is 10.2. The molecule has 112 valence electrons. The molecule has 21 heavy (non-hydrogen) atoms. The van der Waals surface area contributed by atoms with Crippen LogP contribution in [0, 0.1) is 5.82 Å². The Labute approximate surface area is 139 Å². The molecule has 0 aliphatic heterocycles. The van der Waals surface area contributed by atoms with Gasteiger partial charge in [-0.15, -0.1) is 0 Å². The molecule has 0 aliphatic carbocycles. The highest BCUT2D eigenvalue weighted by Gasteiger charge is 2.10. The molecule has 6 heteroatoms. The molecule has 2 aromatic rings. The van der Waals surface area contributed by atoms with Gasteiger partial charge in [0.1, 0.15) is 5.82 Å². The summed E-state index contributed by atoms with van der Waals surface area (Å²) in [4.78, 5) is 0. The number of methoxy groups -OCH3 is 2. The molecule has 0 atom stereocenters. The van der Waals surface area contributed by atoms with Gasteiger partial charge in [0.05, 0.1) is 23.2 Å². The number of hydrogen-bond donors (Lipinski definition) is 1. The minimum absolute atomic E-state index is 0.283. The largest absolute Gasteiger partial charge is 0.493 e. The van der Waals surface area contributed by atoms with Gasteiger partial charge in [-0.25, -0.2) is 4.39 Å². The Bertz CT molecular complexity index is 650. The van der Waals surface area contributed by atoms with Gasteiger partial charge in [-0.3, -0.25) is 0 Å². The smallest absolute Gasteiger partial charge is 0.174 e. The molecule has 0 aromatic heterocycles. The minimum Gasteiger partial charge on any atom is -0.493 e. The van der Waals surface area contributed by atoms with Crippen molar-refractivity contribution in [1.29, 1.82) is 0 Å². The van der Waals surface area contributed by atoms with Crippen LogP contribution in [-0.2, 0) is 6.54 Å². The van der Waals surface area contributed by atoms with E-state index in [1.165, 1.54) is 6.07 Å². The number of ether oxygens (including phenoxy) is 2. The van der Waals surface area contributed by atoms with Crippen molar-refractivity contribution >= 4 is 37.5 Å². The second-order valence-electron chi connectivity index (χ2n) is 4.30. The standard InChI is InChI=1S/C15H14Br2FNO2/c1-20-14-6-9(5-12(17)15(14)21-2)8-19-10-3-4-13(18)11(16)7-10/h3-7,19H,8H2,1-2H3. The van der Waals surface area contributed by atoms with E-state index in [4.69, 9.17) is 9.47 Å². The summed E-state index contributed by atoms with van der Waals surface area (Å²) >= 11 is 6.62. The third-order valence-electron chi connectivity index (χ3n) is 2.91. The van der Waals surface area contributed by atoms with Crippen molar-refractivity contribution in [3.05, 3.63) is 50.7 Å². The van der Waals surface area contributed by atoms with E-state index >= 15 is 0 Å². The van der Waals surface area contributed by atoms with E-state index in [9.17, 15) is 4.39 Å². The highest BCUT2D eigenvalue weighted by Crippen LogP contribution is 2.36. The van der Waals surface area contributed by atoms with Crippen LogP contribution in [0.1, 0.15) is 5.56 Å². The average Bonchev–Trinajstić information content (AvgIpc) is 2.47. The summed E-state index contributed by atoms with van der Waals surface area (Å²) in [7, 11) is 3.19. The van der Waals surface area contributed by atoms with E-state index in [2.05, 4.69) is 37.2 Å². The molecule has 0 bridgehead atoms. The molecule has 0 aliphatic rings. The minimum atomic E-state index is -0.283. The summed E-state index contributed by atoms with van der Waals surface area (Å²) in [5.41, 5.74) is 1.84. The zero-order valence-electron chi connectivity index (χ0n) is 11.5. The third kappa shape index (κ3) is 3.89. The molecule has 2 rings (SSSR count). The fourth-order valence-corrected chi connectivity index (χ4v) is 2.91. The van der Waals surface area contributed by atoms with Gasteiger partial charge in [-0.1, -0.05) is 0 Å². The zero-order valence-corrected chi connectivity index (χ0v) is 14.7. The van der Waals surface area contributed by atoms with Gasteiger partial charge in [-0.05, 0) is 67.8 Å². The molecule has 0 heterocycles. The Hall–Kier alpha value is -1.27. The summed E-state index contributed by atoms with van der Waals surface area (Å²) in [6.07, 6.45) is 0. The van der Waals surface area contributed by atoms with E-state index in [0.717, 1.165) is 15.7 Å². The molecule has 0 radical (unpaired) electrons. The Kier molecular flexibility index (Phi) is 5.47. The summed E-state index contributed by atoms with van der Waals surface area (Å²) < 4.78 is 25.0. The summed E-state index contributed by atoms with van der Waals surface area (Å²) in [6.45, 7) is 0.580. The summed E-state index contributed by atoms with van der Waals surface area (Å²) in [5.74, 6) is 1.03. The van der Waals surface area contributed by atoms with Gasteiger partial charge in [0.2, 0.25) is 0 Å². The van der Waals surface area contributed by atoms with Gasteiger partial charge in [0.25, 0.3) is 0 Å². The maximum absolute atomic E-state index is 13.2. The predicted octanol–water partition coefficient (Wildman–Crippen LogP) is 4.98. The second kappa shape index (κ2) is 7.13. The van der Waals surface area contributed by atoms with Gasteiger partial charge < -0.3 is 14.8 Å². The molecule has 0 amide bonds. The molecule has 3 nitrogen and oxygen atoms in total. The average molecular weight is 419 g/mol. The first-order valence-corrected chi connectivity index (χ1v) is 7.73. The number of rotatable bonds is 5. The molecule has 0 saturated heterocycles. The molecular formula is C15H14Br2FNO2. The molecular weight excluding hydrogens is 405 g/mol. The topological polar surface area (TPSA) is 30.5 Å². The monoisotopic (exact) mass is 417 g/mol. The van der Waals surface area contributed by atoms with Gasteiger partial charge >= 0.3 is 0 Å². The Morgan fingerprint density at radius 3 is 2.43 bits per heavy atom. The lowest BCUT2D eigenvalue weighted by molar-refractivity contribution is 0.352. The van der Waals surface area contributed by atoms with E-state index < -0.39 is 0 Å². The SMILES string of the molecule is COc1cc(CNc2ccc(F)c(Br)c2)cc(Br)c1OC. The van der Waals surface area contributed by atoms with Crippen molar-refractivity contribution in [3.63, 3.8) is 0 Å². The van der Waals surface area contributed by atoms with Crippen LogP contribution in [0.4, 0.5) is 10.1 Å². The van der Waals surface area contributed by atoms with Gasteiger partial charge in [-0.2, -0.15) is 0 Å².